The maximum atomic E-state index is 12.1. The lowest BCUT2D eigenvalue weighted by atomic mass is 10.1. The van der Waals surface area contributed by atoms with Crippen molar-refractivity contribution in [1.82, 2.24) is 9.80 Å². The van der Waals surface area contributed by atoms with E-state index in [2.05, 4.69) is 11.8 Å². The molecule has 0 radical (unpaired) electrons. The van der Waals surface area contributed by atoms with Gasteiger partial charge in [-0.3, -0.25) is 4.79 Å². The predicted molar refractivity (Wildman–Crippen MR) is 66.1 cm³/mol. The molecular formula is C13H18N2O2. The van der Waals surface area contributed by atoms with Gasteiger partial charge in [0, 0.05) is 31.7 Å². The standard InChI is InChI=1S/C13H18N2O2/c1-2-14-6-8-15(9-7-14)13(17)11-4-3-5-12(16)10-11/h3-5,10,16H,2,6-9H2,1H3. The number of nitrogens with zero attached hydrogens (tertiary/aromatic N) is 2. The maximum Gasteiger partial charge on any atom is 0.254 e. The summed E-state index contributed by atoms with van der Waals surface area (Å²) in [5, 5.41) is 9.36. The molecule has 0 bridgehead atoms. The lowest BCUT2D eigenvalue weighted by molar-refractivity contribution is 0.0643. The van der Waals surface area contributed by atoms with E-state index in [0.717, 1.165) is 32.7 Å². The molecule has 1 heterocycles. The summed E-state index contributed by atoms with van der Waals surface area (Å²) in [4.78, 5) is 16.3. The Morgan fingerprint density at radius 3 is 2.59 bits per heavy atom. The molecule has 1 aliphatic heterocycles. The zero-order chi connectivity index (χ0) is 12.3. The van der Waals surface area contributed by atoms with E-state index in [1.54, 1.807) is 18.2 Å². The number of hydrogen-bond donors (Lipinski definition) is 1. The van der Waals surface area contributed by atoms with Crippen molar-refractivity contribution in [3.05, 3.63) is 29.8 Å². The SMILES string of the molecule is CCN1CCN(C(=O)c2cccc(O)c2)CC1. The number of rotatable bonds is 2. The molecule has 17 heavy (non-hydrogen) atoms. The Balaban J connectivity index is 2.02. The second-order valence-corrected chi connectivity index (χ2v) is 4.28. The van der Waals surface area contributed by atoms with Gasteiger partial charge in [-0.1, -0.05) is 13.0 Å². The Morgan fingerprint density at radius 1 is 1.29 bits per heavy atom. The normalized spacial score (nSPS) is 17.1. The van der Waals surface area contributed by atoms with Gasteiger partial charge >= 0.3 is 0 Å². The molecule has 0 aromatic heterocycles. The van der Waals surface area contributed by atoms with Gasteiger partial charge in [-0.2, -0.15) is 0 Å². The molecule has 1 saturated heterocycles. The molecule has 1 aromatic carbocycles. The number of phenols is 1. The number of amides is 1. The third kappa shape index (κ3) is 2.77. The topological polar surface area (TPSA) is 43.8 Å². The van der Waals surface area contributed by atoms with Crippen molar-refractivity contribution in [3.63, 3.8) is 0 Å². The summed E-state index contributed by atoms with van der Waals surface area (Å²) < 4.78 is 0. The predicted octanol–water partition coefficient (Wildman–Crippen LogP) is 1.17. The first-order valence-corrected chi connectivity index (χ1v) is 6.01. The Hall–Kier alpha value is -1.55. The van der Waals surface area contributed by atoms with Crippen LogP contribution in [0.1, 0.15) is 17.3 Å². The van der Waals surface area contributed by atoms with Crippen molar-refractivity contribution in [2.24, 2.45) is 0 Å². The first-order chi connectivity index (χ1) is 8.20. The van der Waals surface area contributed by atoms with Crippen LogP contribution in [-0.2, 0) is 0 Å². The molecular weight excluding hydrogens is 216 g/mol. The molecule has 92 valence electrons. The summed E-state index contributed by atoms with van der Waals surface area (Å²) in [6.07, 6.45) is 0. The fourth-order valence-corrected chi connectivity index (χ4v) is 2.09. The molecule has 0 atom stereocenters. The number of likely N-dealkylation sites (N-methyl/N-ethyl adjacent to an activating group) is 1. The van der Waals surface area contributed by atoms with Crippen LogP contribution in [0.25, 0.3) is 0 Å². The van der Waals surface area contributed by atoms with Crippen LogP contribution in [0.4, 0.5) is 0 Å². The monoisotopic (exact) mass is 234 g/mol. The van der Waals surface area contributed by atoms with Crippen molar-refractivity contribution in [2.75, 3.05) is 32.7 Å². The van der Waals surface area contributed by atoms with Crippen LogP contribution < -0.4 is 0 Å². The Kier molecular flexibility index (Phi) is 3.64. The summed E-state index contributed by atoms with van der Waals surface area (Å²) in [6, 6.07) is 6.54. The lowest BCUT2D eigenvalue weighted by Crippen LogP contribution is -2.48. The fraction of sp³-hybridized carbons (Fsp3) is 0.462. The molecule has 1 N–H and O–H groups in total. The third-order valence-electron chi connectivity index (χ3n) is 3.20. The van der Waals surface area contributed by atoms with Crippen molar-refractivity contribution in [3.8, 4) is 5.75 Å². The van der Waals surface area contributed by atoms with Gasteiger partial charge in [-0.25, -0.2) is 0 Å². The van der Waals surface area contributed by atoms with E-state index in [0.29, 0.717) is 5.56 Å². The minimum Gasteiger partial charge on any atom is -0.508 e. The average molecular weight is 234 g/mol. The minimum absolute atomic E-state index is 0.0108. The average Bonchev–Trinajstić information content (AvgIpc) is 2.38. The van der Waals surface area contributed by atoms with Crippen LogP contribution in [0.15, 0.2) is 24.3 Å². The van der Waals surface area contributed by atoms with E-state index in [-0.39, 0.29) is 11.7 Å². The maximum absolute atomic E-state index is 12.1. The zero-order valence-electron chi connectivity index (χ0n) is 10.1. The highest BCUT2D eigenvalue weighted by Gasteiger charge is 2.21. The number of carbonyl (C=O) groups is 1. The lowest BCUT2D eigenvalue weighted by Gasteiger charge is -2.34. The van der Waals surface area contributed by atoms with Crippen molar-refractivity contribution < 1.29 is 9.90 Å². The molecule has 4 nitrogen and oxygen atoms in total. The van der Waals surface area contributed by atoms with E-state index >= 15 is 0 Å². The smallest absolute Gasteiger partial charge is 0.254 e. The van der Waals surface area contributed by atoms with Crippen molar-refractivity contribution in [2.45, 2.75) is 6.92 Å². The van der Waals surface area contributed by atoms with Crippen LogP contribution in [0, 0.1) is 0 Å². The molecule has 0 saturated carbocycles. The minimum atomic E-state index is 0.0108. The molecule has 1 aromatic rings. The van der Waals surface area contributed by atoms with E-state index in [9.17, 15) is 9.90 Å². The number of piperazine rings is 1. The van der Waals surface area contributed by atoms with Crippen molar-refractivity contribution in [1.29, 1.82) is 0 Å². The van der Waals surface area contributed by atoms with Gasteiger partial charge in [0.05, 0.1) is 0 Å². The highest BCUT2D eigenvalue weighted by molar-refractivity contribution is 5.94. The quantitative estimate of drug-likeness (QED) is 0.835. The summed E-state index contributed by atoms with van der Waals surface area (Å²) >= 11 is 0. The highest BCUT2D eigenvalue weighted by atomic mass is 16.3. The fourth-order valence-electron chi connectivity index (χ4n) is 2.09. The molecule has 1 fully saturated rings. The number of carbonyl (C=O) groups excluding carboxylic acids is 1. The van der Waals surface area contributed by atoms with Crippen LogP contribution >= 0.6 is 0 Å². The third-order valence-corrected chi connectivity index (χ3v) is 3.20. The van der Waals surface area contributed by atoms with Gasteiger partial charge in [0.1, 0.15) is 5.75 Å². The second-order valence-electron chi connectivity index (χ2n) is 4.28. The van der Waals surface area contributed by atoms with Crippen LogP contribution in [0.5, 0.6) is 5.75 Å². The molecule has 0 unspecified atom stereocenters. The molecule has 1 amide bonds. The van der Waals surface area contributed by atoms with Gasteiger partial charge in [0.25, 0.3) is 5.91 Å². The summed E-state index contributed by atoms with van der Waals surface area (Å²) in [6.45, 7) is 6.56. The number of phenolic OH excluding ortho intramolecular Hbond substituents is 1. The van der Waals surface area contributed by atoms with E-state index in [1.807, 2.05) is 4.90 Å². The first-order valence-electron chi connectivity index (χ1n) is 6.01. The number of benzene rings is 1. The largest absolute Gasteiger partial charge is 0.508 e. The Bertz CT molecular complexity index is 398. The second kappa shape index (κ2) is 5.19. The van der Waals surface area contributed by atoms with Gasteiger partial charge in [0.15, 0.2) is 0 Å². The van der Waals surface area contributed by atoms with E-state index < -0.39 is 0 Å². The highest BCUT2D eigenvalue weighted by Crippen LogP contribution is 2.14. The summed E-state index contributed by atoms with van der Waals surface area (Å²) in [7, 11) is 0. The first kappa shape index (κ1) is 11.9. The van der Waals surface area contributed by atoms with Crippen LogP contribution in [0.3, 0.4) is 0 Å². The van der Waals surface area contributed by atoms with Crippen molar-refractivity contribution >= 4 is 5.91 Å². The Morgan fingerprint density at radius 2 is 2.00 bits per heavy atom. The van der Waals surface area contributed by atoms with Gasteiger partial charge in [-0.05, 0) is 24.7 Å². The van der Waals surface area contributed by atoms with Gasteiger partial charge < -0.3 is 14.9 Å². The van der Waals surface area contributed by atoms with Gasteiger partial charge in [-0.15, -0.1) is 0 Å². The van der Waals surface area contributed by atoms with Crippen LogP contribution in [0.2, 0.25) is 0 Å². The molecule has 2 rings (SSSR count). The summed E-state index contributed by atoms with van der Waals surface area (Å²) in [5.41, 5.74) is 0.565. The molecule has 4 heteroatoms. The number of aromatic hydroxyl groups is 1. The molecule has 0 spiro atoms. The summed E-state index contributed by atoms with van der Waals surface area (Å²) in [5.74, 6) is 0.152. The zero-order valence-corrected chi connectivity index (χ0v) is 10.1. The number of hydrogen-bond acceptors (Lipinski definition) is 3. The Labute approximate surface area is 101 Å². The van der Waals surface area contributed by atoms with Gasteiger partial charge in [0.2, 0.25) is 0 Å². The molecule has 0 aliphatic carbocycles. The van der Waals surface area contributed by atoms with Crippen LogP contribution in [-0.4, -0.2) is 53.5 Å². The van der Waals surface area contributed by atoms with E-state index in [4.69, 9.17) is 0 Å². The molecule has 1 aliphatic rings. The van der Waals surface area contributed by atoms with E-state index in [1.165, 1.54) is 6.07 Å².